The molecule has 0 saturated carbocycles. The van der Waals surface area contributed by atoms with E-state index in [0.29, 0.717) is 10.7 Å². The number of anilines is 2. The number of fused-ring (bicyclic) bond motifs is 1. The van der Waals surface area contributed by atoms with E-state index in [1.165, 1.54) is 6.07 Å². The predicted molar refractivity (Wildman–Crippen MR) is 57.6 cm³/mol. The Morgan fingerprint density at radius 1 is 1.53 bits per heavy atom. The van der Waals surface area contributed by atoms with Crippen LogP contribution in [0.25, 0.3) is 0 Å². The van der Waals surface area contributed by atoms with E-state index in [9.17, 15) is 9.59 Å². The first-order valence-corrected chi connectivity index (χ1v) is 5.18. The Morgan fingerprint density at radius 3 is 2.80 bits per heavy atom. The van der Waals surface area contributed by atoms with Crippen LogP contribution in [0, 0.1) is 0 Å². The Morgan fingerprint density at radius 2 is 2.20 bits per heavy atom. The zero-order chi connectivity index (χ0) is 11.2. The summed E-state index contributed by atoms with van der Waals surface area (Å²) in [5.41, 5.74) is -0.0360. The zero-order valence-corrected chi connectivity index (χ0v) is 9.07. The number of rotatable bonds is 1. The Bertz CT molecular complexity index is 450. The molecule has 1 aliphatic heterocycles. The van der Waals surface area contributed by atoms with Crippen molar-refractivity contribution in [1.82, 2.24) is 0 Å². The van der Waals surface area contributed by atoms with Crippen molar-refractivity contribution >= 4 is 33.9 Å². The molecule has 3 N–H and O–H groups in total. The molecule has 0 aromatic carbocycles. The largest absolute Gasteiger partial charge is 0.477 e. The molecule has 0 spiro atoms. The molecule has 1 aromatic heterocycles. The minimum absolute atomic E-state index is 0.159. The van der Waals surface area contributed by atoms with Crippen LogP contribution in [-0.2, 0) is 4.79 Å². The molecule has 1 aromatic rings. The highest BCUT2D eigenvalue weighted by atomic mass is 32.1. The number of carbonyl (C=O) groups is 2. The monoisotopic (exact) mass is 226 g/mol. The van der Waals surface area contributed by atoms with Gasteiger partial charge in [-0.1, -0.05) is 0 Å². The molecule has 0 unspecified atom stereocenters. The van der Waals surface area contributed by atoms with Gasteiger partial charge >= 0.3 is 5.97 Å². The van der Waals surface area contributed by atoms with Crippen LogP contribution < -0.4 is 10.6 Å². The van der Waals surface area contributed by atoms with Gasteiger partial charge in [0.15, 0.2) is 0 Å². The lowest BCUT2D eigenvalue weighted by Crippen LogP contribution is -2.47. The first-order chi connectivity index (χ1) is 6.90. The number of carboxylic acid groups (broad SMARTS) is 1. The van der Waals surface area contributed by atoms with Crippen LogP contribution in [-0.4, -0.2) is 22.5 Å². The molecule has 15 heavy (non-hydrogen) atoms. The van der Waals surface area contributed by atoms with Crippen molar-refractivity contribution < 1.29 is 14.7 Å². The Kier molecular flexibility index (Phi) is 1.97. The fourth-order valence-electron chi connectivity index (χ4n) is 1.33. The number of carboxylic acids is 1. The smallest absolute Gasteiger partial charge is 0.346 e. The quantitative estimate of drug-likeness (QED) is 0.679. The summed E-state index contributed by atoms with van der Waals surface area (Å²) in [7, 11) is 0. The Labute approximate surface area is 90.1 Å². The third kappa shape index (κ3) is 1.56. The summed E-state index contributed by atoms with van der Waals surface area (Å²) in [4.78, 5) is 22.5. The molecule has 1 aliphatic rings. The molecule has 5 nitrogen and oxygen atoms in total. The number of thiophene rings is 1. The highest BCUT2D eigenvalue weighted by molar-refractivity contribution is 7.18. The van der Waals surface area contributed by atoms with Crippen LogP contribution >= 0.6 is 11.3 Å². The summed E-state index contributed by atoms with van der Waals surface area (Å²) < 4.78 is 0. The summed E-state index contributed by atoms with van der Waals surface area (Å²) in [6.45, 7) is 3.48. The zero-order valence-electron chi connectivity index (χ0n) is 8.25. The second kappa shape index (κ2) is 2.96. The highest BCUT2D eigenvalue weighted by Crippen LogP contribution is 2.38. The van der Waals surface area contributed by atoms with Crippen LogP contribution in [0.2, 0.25) is 0 Å². The maximum atomic E-state index is 11.5. The van der Waals surface area contributed by atoms with E-state index in [0.717, 1.165) is 11.3 Å². The molecule has 0 fully saturated rings. The number of carbonyl (C=O) groups excluding carboxylic acids is 1. The number of hydrogen-bond donors (Lipinski definition) is 3. The lowest BCUT2D eigenvalue weighted by molar-refractivity contribution is -0.119. The molecular weight excluding hydrogens is 216 g/mol. The van der Waals surface area contributed by atoms with Crippen LogP contribution in [0.15, 0.2) is 6.07 Å². The fraction of sp³-hybridized carbons (Fsp3) is 0.333. The van der Waals surface area contributed by atoms with Gasteiger partial charge in [-0.05, 0) is 19.9 Å². The van der Waals surface area contributed by atoms with Crippen LogP contribution in [0.4, 0.5) is 10.7 Å². The van der Waals surface area contributed by atoms with Gasteiger partial charge in [-0.25, -0.2) is 4.79 Å². The van der Waals surface area contributed by atoms with E-state index in [-0.39, 0.29) is 10.8 Å². The van der Waals surface area contributed by atoms with Crippen molar-refractivity contribution in [2.45, 2.75) is 19.4 Å². The first kappa shape index (κ1) is 9.97. The van der Waals surface area contributed by atoms with Gasteiger partial charge in [0.2, 0.25) is 5.91 Å². The van der Waals surface area contributed by atoms with Crippen LogP contribution in [0.1, 0.15) is 23.5 Å². The number of amides is 1. The van der Waals surface area contributed by atoms with Gasteiger partial charge in [-0.3, -0.25) is 4.79 Å². The average molecular weight is 226 g/mol. The topological polar surface area (TPSA) is 78.4 Å². The summed E-state index contributed by atoms with van der Waals surface area (Å²) in [5.74, 6) is -1.14. The second-order valence-corrected chi connectivity index (χ2v) is 4.91. The fourth-order valence-corrected chi connectivity index (χ4v) is 2.18. The van der Waals surface area contributed by atoms with E-state index in [1.54, 1.807) is 13.8 Å². The molecule has 0 aliphatic carbocycles. The van der Waals surface area contributed by atoms with E-state index < -0.39 is 11.5 Å². The number of nitrogens with one attached hydrogen (secondary N) is 2. The van der Waals surface area contributed by atoms with Gasteiger partial charge in [0.1, 0.15) is 15.4 Å². The van der Waals surface area contributed by atoms with E-state index in [4.69, 9.17) is 5.11 Å². The van der Waals surface area contributed by atoms with Crippen molar-refractivity contribution in [3.05, 3.63) is 10.9 Å². The third-order valence-electron chi connectivity index (χ3n) is 2.18. The highest BCUT2D eigenvalue weighted by Gasteiger charge is 2.34. The maximum Gasteiger partial charge on any atom is 0.346 e. The van der Waals surface area contributed by atoms with Crippen LogP contribution in [0.5, 0.6) is 0 Å². The summed E-state index contributed by atoms with van der Waals surface area (Å²) in [6, 6.07) is 1.53. The maximum absolute atomic E-state index is 11.5. The minimum atomic E-state index is -0.983. The average Bonchev–Trinajstić information content (AvgIpc) is 2.47. The first-order valence-electron chi connectivity index (χ1n) is 4.37. The summed E-state index contributed by atoms with van der Waals surface area (Å²) in [6.07, 6.45) is 0. The summed E-state index contributed by atoms with van der Waals surface area (Å²) in [5, 5.41) is 15.0. The van der Waals surface area contributed by atoms with Crippen molar-refractivity contribution in [2.75, 3.05) is 10.6 Å². The van der Waals surface area contributed by atoms with Crippen molar-refractivity contribution in [3.63, 3.8) is 0 Å². The van der Waals surface area contributed by atoms with Gasteiger partial charge in [0.25, 0.3) is 0 Å². The number of aromatic carboxylic acids is 1. The molecule has 2 rings (SSSR count). The molecule has 1 amide bonds. The van der Waals surface area contributed by atoms with Crippen molar-refractivity contribution in [3.8, 4) is 0 Å². The van der Waals surface area contributed by atoms with E-state index >= 15 is 0 Å². The molecular formula is C9H10N2O3S. The number of hydrogen-bond acceptors (Lipinski definition) is 4. The SMILES string of the molecule is CC1(C)Nc2cc(C(=O)O)sc2NC1=O. The van der Waals surface area contributed by atoms with Gasteiger partial charge < -0.3 is 15.7 Å². The molecule has 80 valence electrons. The molecule has 0 bridgehead atoms. The Hall–Kier alpha value is -1.56. The van der Waals surface area contributed by atoms with Gasteiger partial charge in [-0.15, -0.1) is 11.3 Å². The standard InChI is InChI=1S/C9H10N2O3S/c1-9(2)8(14)10-6-4(11-9)3-5(15-6)7(12)13/h3,11H,1-2H3,(H,10,14)(H,12,13). The lowest BCUT2D eigenvalue weighted by Gasteiger charge is -2.30. The van der Waals surface area contributed by atoms with Gasteiger partial charge in [0.05, 0.1) is 5.69 Å². The predicted octanol–water partition coefficient (Wildman–Crippen LogP) is 1.59. The second-order valence-electron chi connectivity index (χ2n) is 3.86. The minimum Gasteiger partial charge on any atom is -0.477 e. The van der Waals surface area contributed by atoms with E-state index in [1.807, 2.05) is 0 Å². The summed E-state index contributed by atoms with van der Waals surface area (Å²) >= 11 is 1.05. The van der Waals surface area contributed by atoms with E-state index in [2.05, 4.69) is 10.6 Å². The Balaban J connectivity index is 2.42. The van der Waals surface area contributed by atoms with Crippen LogP contribution in [0.3, 0.4) is 0 Å². The normalized spacial score (nSPS) is 17.6. The van der Waals surface area contributed by atoms with Crippen molar-refractivity contribution in [2.24, 2.45) is 0 Å². The molecule has 2 heterocycles. The van der Waals surface area contributed by atoms with Gasteiger partial charge in [0, 0.05) is 0 Å². The van der Waals surface area contributed by atoms with Crippen molar-refractivity contribution in [1.29, 1.82) is 0 Å². The molecule has 0 radical (unpaired) electrons. The van der Waals surface area contributed by atoms with Gasteiger partial charge in [-0.2, -0.15) is 0 Å². The molecule has 0 atom stereocenters. The third-order valence-corrected chi connectivity index (χ3v) is 3.22. The lowest BCUT2D eigenvalue weighted by atomic mass is 10.0. The molecule has 6 heteroatoms. The molecule has 0 saturated heterocycles.